The van der Waals surface area contributed by atoms with Crippen LogP contribution in [0, 0.1) is 0 Å². The number of fused-ring (bicyclic) bond motifs is 9. The van der Waals surface area contributed by atoms with Crippen molar-refractivity contribution in [1.29, 1.82) is 0 Å². The Kier molecular flexibility index (Phi) is 5.14. The van der Waals surface area contributed by atoms with E-state index in [9.17, 15) is 0 Å². The van der Waals surface area contributed by atoms with Crippen LogP contribution in [0.25, 0.3) is 116 Å². The molecule has 6 heteroatoms. The number of hydrogen-bond donors (Lipinski definition) is 0. The molecule has 236 valence electrons. The SMILES string of the molecule is c1ccc2c(c1)oc1cc(-c3nc(-c4cc5oc6cccc7c8ccccc8c(c4)c5c67)nc(-n4c5ccccc5c5ccccc54)n3)ccc12. The molecule has 12 rings (SSSR count). The van der Waals surface area contributed by atoms with Crippen molar-refractivity contribution in [3.8, 4) is 28.7 Å². The van der Waals surface area contributed by atoms with E-state index in [1.54, 1.807) is 0 Å². The minimum absolute atomic E-state index is 0.540. The third-order valence-corrected chi connectivity index (χ3v) is 10.4. The molecule has 0 aliphatic rings. The van der Waals surface area contributed by atoms with Gasteiger partial charge in [-0.15, -0.1) is 0 Å². The molecule has 0 radical (unpaired) electrons. The van der Waals surface area contributed by atoms with E-state index in [0.29, 0.717) is 17.6 Å². The molecule has 6 nitrogen and oxygen atoms in total. The third kappa shape index (κ3) is 3.68. The van der Waals surface area contributed by atoms with Gasteiger partial charge in [0, 0.05) is 43.4 Å². The summed E-state index contributed by atoms with van der Waals surface area (Å²) in [6, 6.07) is 50.3. The van der Waals surface area contributed by atoms with Crippen molar-refractivity contribution in [2.45, 2.75) is 0 Å². The third-order valence-electron chi connectivity index (χ3n) is 10.4. The first kappa shape index (κ1) is 26.9. The molecule has 0 fully saturated rings. The van der Waals surface area contributed by atoms with Gasteiger partial charge in [0.1, 0.15) is 22.3 Å². The van der Waals surface area contributed by atoms with Crippen LogP contribution in [0.1, 0.15) is 0 Å². The molecular weight excluding hydrogens is 629 g/mol. The van der Waals surface area contributed by atoms with E-state index in [1.165, 1.54) is 10.8 Å². The van der Waals surface area contributed by atoms with Gasteiger partial charge in [-0.3, -0.25) is 4.57 Å². The van der Waals surface area contributed by atoms with Gasteiger partial charge in [-0.25, -0.2) is 4.98 Å². The zero-order valence-electron chi connectivity index (χ0n) is 27.0. The Morgan fingerprint density at radius 1 is 0.353 bits per heavy atom. The maximum absolute atomic E-state index is 6.57. The summed E-state index contributed by atoms with van der Waals surface area (Å²) in [5.74, 6) is 1.65. The van der Waals surface area contributed by atoms with Crippen LogP contribution in [0.4, 0.5) is 0 Å². The Balaban J connectivity index is 1.17. The van der Waals surface area contributed by atoms with Crippen LogP contribution >= 0.6 is 0 Å². The lowest BCUT2D eigenvalue weighted by atomic mass is 9.93. The Labute approximate surface area is 289 Å². The summed E-state index contributed by atoms with van der Waals surface area (Å²) in [7, 11) is 0. The Morgan fingerprint density at radius 2 is 0.902 bits per heavy atom. The minimum atomic E-state index is 0.540. The average Bonchev–Trinajstić information content (AvgIpc) is 3.86. The van der Waals surface area contributed by atoms with Crippen LogP contribution in [-0.4, -0.2) is 19.5 Å². The maximum Gasteiger partial charge on any atom is 0.238 e. The summed E-state index contributed by atoms with van der Waals surface area (Å²) in [5.41, 5.74) is 7.06. The number of nitrogens with zero attached hydrogens (tertiary/aromatic N) is 4. The quantitative estimate of drug-likeness (QED) is 0.178. The van der Waals surface area contributed by atoms with Crippen LogP contribution in [0.5, 0.6) is 0 Å². The first-order chi connectivity index (χ1) is 25.3. The second-order valence-electron chi connectivity index (χ2n) is 13.2. The van der Waals surface area contributed by atoms with E-state index in [0.717, 1.165) is 87.6 Å². The predicted molar refractivity (Wildman–Crippen MR) is 206 cm³/mol. The molecule has 0 spiro atoms. The minimum Gasteiger partial charge on any atom is -0.456 e. The molecular formula is C45H24N4O2. The van der Waals surface area contributed by atoms with Crippen molar-refractivity contribution in [1.82, 2.24) is 19.5 Å². The molecule has 0 unspecified atom stereocenters. The summed E-state index contributed by atoms with van der Waals surface area (Å²) < 4.78 is 15.0. The lowest BCUT2D eigenvalue weighted by molar-refractivity contribution is 0.669. The molecule has 8 aromatic carbocycles. The van der Waals surface area contributed by atoms with E-state index in [1.807, 2.05) is 30.3 Å². The van der Waals surface area contributed by atoms with E-state index < -0.39 is 0 Å². The largest absolute Gasteiger partial charge is 0.456 e. The molecule has 12 aromatic rings. The van der Waals surface area contributed by atoms with Crippen LogP contribution in [0.2, 0.25) is 0 Å². The lowest BCUT2D eigenvalue weighted by Gasteiger charge is -2.12. The van der Waals surface area contributed by atoms with Gasteiger partial charge < -0.3 is 8.83 Å². The van der Waals surface area contributed by atoms with Crippen molar-refractivity contribution in [2.24, 2.45) is 0 Å². The second-order valence-corrected chi connectivity index (χ2v) is 13.2. The summed E-state index contributed by atoms with van der Waals surface area (Å²) >= 11 is 0. The fourth-order valence-electron chi connectivity index (χ4n) is 8.19. The maximum atomic E-state index is 6.57. The molecule has 4 aromatic heterocycles. The monoisotopic (exact) mass is 652 g/mol. The summed E-state index contributed by atoms with van der Waals surface area (Å²) in [6.07, 6.45) is 0. The standard InChI is InChI=1S/C45H24N4O2/c1-2-11-28-27(10-1)33-15-9-19-38-41(33)42-34(28)22-26(24-40(42)51-38)44-46-43(25-20-21-32-31-14-5-8-18-37(31)50-39(32)23-25)47-45(48-44)49-35-16-6-3-12-29(35)30-13-4-7-17-36(30)49/h1-24H. The molecule has 51 heavy (non-hydrogen) atoms. The number of benzene rings is 8. The molecule has 0 bridgehead atoms. The molecule has 0 saturated carbocycles. The number of para-hydroxylation sites is 3. The number of furan rings is 2. The van der Waals surface area contributed by atoms with E-state index in [2.05, 4.69) is 120 Å². The first-order valence-corrected chi connectivity index (χ1v) is 17.0. The average molecular weight is 653 g/mol. The fourth-order valence-corrected chi connectivity index (χ4v) is 8.19. The molecule has 0 N–H and O–H groups in total. The molecule has 0 aliphatic heterocycles. The molecule has 4 heterocycles. The Hall–Kier alpha value is -7.05. The van der Waals surface area contributed by atoms with Gasteiger partial charge in [0.25, 0.3) is 0 Å². The highest BCUT2D eigenvalue weighted by atomic mass is 16.3. The Bertz CT molecular complexity index is 3330. The van der Waals surface area contributed by atoms with Crippen molar-refractivity contribution in [3.05, 3.63) is 146 Å². The molecule has 0 saturated heterocycles. The van der Waals surface area contributed by atoms with Crippen molar-refractivity contribution >= 4 is 87.2 Å². The lowest BCUT2D eigenvalue weighted by Crippen LogP contribution is -2.06. The zero-order chi connectivity index (χ0) is 33.2. The summed E-state index contributed by atoms with van der Waals surface area (Å²) in [6.45, 7) is 0. The normalized spacial score (nSPS) is 12.3. The van der Waals surface area contributed by atoms with Gasteiger partial charge in [-0.1, -0.05) is 97.1 Å². The molecule has 0 aliphatic carbocycles. The highest BCUT2D eigenvalue weighted by Gasteiger charge is 2.22. The zero-order valence-corrected chi connectivity index (χ0v) is 27.0. The highest BCUT2D eigenvalue weighted by Crippen LogP contribution is 2.44. The van der Waals surface area contributed by atoms with Gasteiger partial charge in [0.15, 0.2) is 11.6 Å². The van der Waals surface area contributed by atoms with Crippen LogP contribution < -0.4 is 0 Å². The number of aromatic nitrogens is 4. The second kappa shape index (κ2) is 9.77. The van der Waals surface area contributed by atoms with Crippen LogP contribution in [-0.2, 0) is 0 Å². The predicted octanol–water partition coefficient (Wildman–Crippen LogP) is 11.8. The first-order valence-electron chi connectivity index (χ1n) is 17.0. The highest BCUT2D eigenvalue weighted by molar-refractivity contribution is 6.33. The van der Waals surface area contributed by atoms with Crippen LogP contribution in [0.15, 0.2) is 154 Å². The summed E-state index contributed by atoms with van der Waals surface area (Å²) in [5, 5.41) is 11.3. The van der Waals surface area contributed by atoms with Gasteiger partial charge >= 0.3 is 0 Å². The molecule has 0 atom stereocenters. The Morgan fingerprint density at radius 3 is 1.69 bits per heavy atom. The van der Waals surface area contributed by atoms with Crippen molar-refractivity contribution in [3.63, 3.8) is 0 Å². The topological polar surface area (TPSA) is 69.9 Å². The van der Waals surface area contributed by atoms with E-state index in [4.69, 9.17) is 23.8 Å². The van der Waals surface area contributed by atoms with Crippen molar-refractivity contribution in [2.75, 3.05) is 0 Å². The van der Waals surface area contributed by atoms with Gasteiger partial charge in [0.05, 0.1) is 11.0 Å². The van der Waals surface area contributed by atoms with E-state index >= 15 is 0 Å². The van der Waals surface area contributed by atoms with Gasteiger partial charge in [0.2, 0.25) is 5.95 Å². The van der Waals surface area contributed by atoms with E-state index in [-0.39, 0.29) is 0 Å². The van der Waals surface area contributed by atoms with Gasteiger partial charge in [-0.05, 0) is 70.1 Å². The summed E-state index contributed by atoms with van der Waals surface area (Å²) in [4.78, 5) is 15.6. The van der Waals surface area contributed by atoms with Gasteiger partial charge in [-0.2, -0.15) is 9.97 Å². The van der Waals surface area contributed by atoms with Crippen molar-refractivity contribution < 1.29 is 8.83 Å². The molecule has 0 amide bonds. The van der Waals surface area contributed by atoms with Crippen LogP contribution in [0.3, 0.4) is 0 Å². The smallest absolute Gasteiger partial charge is 0.238 e. The fraction of sp³-hybridized carbons (Fsp3) is 0. The number of rotatable bonds is 3. The number of hydrogen-bond acceptors (Lipinski definition) is 5.